The Bertz CT molecular complexity index is 573. The van der Waals surface area contributed by atoms with Crippen molar-refractivity contribution in [3.05, 3.63) is 52.5 Å². The molecule has 0 aliphatic carbocycles. The summed E-state index contributed by atoms with van der Waals surface area (Å²) in [5.41, 5.74) is 0.864. The average Bonchev–Trinajstić information content (AvgIpc) is 2.27. The normalized spacial score (nSPS) is 11.1. The summed E-state index contributed by atoms with van der Waals surface area (Å²) in [4.78, 5) is 10.4. The maximum Gasteiger partial charge on any atom is 0.0643 e. The van der Waals surface area contributed by atoms with Crippen molar-refractivity contribution in [3.8, 4) is 0 Å². The van der Waals surface area contributed by atoms with Crippen molar-refractivity contribution >= 4 is 38.7 Å². The molecule has 0 unspecified atom stereocenters. The van der Waals surface area contributed by atoms with E-state index < -0.39 is 5.97 Å². The highest BCUT2D eigenvalue weighted by atomic mass is 79.9. The van der Waals surface area contributed by atoms with Gasteiger partial charge in [0.25, 0.3) is 0 Å². The van der Waals surface area contributed by atoms with Crippen LogP contribution in [0.2, 0.25) is 0 Å². The number of carbonyl (C=O) groups is 1. The number of hydrogen-bond acceptors (Lipinski definition) is 2. The molecular weight excluding hydrogens is 268 g/mol. The van der Waals surface area contributed by atoms with Gasteiger partial charge in [-0.25, -0.2) is 0 Å². The summed E-state index contributed by atoms with van der Waals surface area (Å²) < 4.78 is 0.994. The van der Waals surface area contributed by atoms with Crippen LogP contribution in [0.25, 0.3) is 16.8 Å². The Hall–Kier alpha value is -1.61. The molecule has 0 atom stereocenters. The summed E-state index contributed by atoms with van der Waals surface area (Å²) in [6.45, 7) is 0. The van der Waals surface area contributed by atoms with Gasteiger partial charge in [0.15, 0.2) is 0 Å². The highest BCUT2D eigenvalue weighted by molar-refractivity contribution is 9.10. The number of benzene rings is 2. The monoisotopic (exact) mass is 275 g/mol. The van der Waals surface area contributed by atoms with Crippen LogP contribution in [0.4, 0.5) is 0 Å². The molecule has 0 aliphatic heterocycles. The number of fused-ring (bicyclic) bond motifs is 1. The van der Waals surface area contributed by atoms with E-state index in [1.54, 1.807) is 6.08 Å². The molecule has 16 heavy (non-hydrogen) atoms. The first kappa shape index (κ1) is 10.9. The van der Waals surface area contributed by atoms with Crippen LogP contribution in [-0.4, -0.2) is 5.97 Å². The molecule has 2 aromatic rings. The van der Waals surface area contributed by atoms with Crippen LogP contribution in [0.15, 0.2) is 46.9 Å². The number of aliphatic carboxylic acids is 1. The molecule has 2 rings (SSSR count). The smallest absolute Gasteiger partial charge is 0.0643 e. The van der Waals surface area contributed by atoms with Gasteiger partial charge in [-0.05, 0) is 28.5 Å². The Morgan fingerprint density at radius 1 is 1.12 bits per heavy atom. The van der Waals surface area contributed by atoms with Gasteiger partial charge in [-0.2, -0.15) is 0 Å². The van der Waals surface area contributed by atoms with E-state index in [9.17, 15) is 9.90 Å². The van der Waals surface area contributed by atoms with Crippen LogP contribution >= 0.6 is 15.9 Å². The maximum absolute atomic E-state index is 10.4. The fourth-order valence-corrected chi connectivity index (χ4v) is 2.10. The molecular formula is C13H8BrO2-. The van der Waals surface area contributed by atoms with Crippen molar-refractivity contribution < 1.29 is 9.90 Å². The lowest BCUT2D eigenvalue weighted by molar-refractivity contribution is -0.297. The third-order valence-electron chi connectivity index (χ3n) is 2.30. The van der Waals surface area contributed by atoms with Crippen LogP contribution < -0.4 is 5.11 Å². The Labute approximate surface area is 101 Å². The van der Waals surface area contributed by atoms with Crippen LogP contribution in [-0.2, 0) is 4.79 Å². The standard InChI is InChI=1S/C13H9BrO2/c14-12-6-2-4-10-9(7-8-13(15)16)3-1-5-11(10)12/h1-8H,(H,15,16)/p-1/b8-7+. The molecule has 0 N–H and O–H groups in total. The van der Waals surface area contributed by atoms with Crippen LogP contribution in [0.1, 0.15) is 5.56 Å². The van der Waals surface area contributed by atoms with E-state index in [1.165, 1.54) is 0 Å². The van der Waals surface area contributed by atoms with Crippen molar-refractivity contribution in [1.29, 1.82) is 0 Å². The third-order valence-corrected chi connectivity index (χ3v) is 2.99. The van der Waals surface area contributed by atoms with Gasteiger partial charge in [0.2, 0.25) is 0 Å². The van der Waals surface area contributed by atoms with Crippen molar-refractivity contribution in [2.24, 2.45) is 0 Å². The minimum Gasteiger partial charge on any atom is -0.545 e. The van der Waals surface area contributed by atoms with Crippen molar-refractivity contribution in [2.75, 3.05) is 0 Å². The van der Waals surface area contributed by atoms with E-state index in [4.69, 9.17) is 0 Å². The molecule has 0 fully saturated rings. The van der Waals surface area contributed by atoms with Gasteiger partial charge < -0.3 is 9.90 Å². The van der Waals surface area contributed by atoms with E-state index in [1.807, 2.05) is 36.4 Å². The van der Waals surface area contributed by atoms with Gasteiger partial charge in [0.1, 0.15) is 0 Å². The Morgan fingerprint density at radius 3 is 2.56 bits per heavy atom. The Kier molecular flexibility index (Phi) is 3.06. The molecule has 0 aromatic heterocycles. The molecule has 0 radical (unpaired) electrons. The molecule has 80 valence electrons. The molecule has 0 spiro atoms. The largest absolute Gasteiger partial charge is 0.545 e. The molecule has 0 heterocycles. The summed E-state index contributed by atoms with van der Waals surface area (Å²) >= 11 is 3.46. The van der Waals surface area contributed by atoms with E-state index in [0.29, 0.717) is 0 Å². The fourth-order valence-electron chi connectivity index (χ4n) is 1.60. The second kappa shape index (κ2) is 4.49. The van der Waals surface area contributed by atoms with E-state index in [0.717, 1.165) is 26.9 Å². The third kappa shape index (κ3) is 2.14. The predicted molar refractivity (Wildman–Crippen MR) is 65.7 cm³/mol. The first-order chi connectivity index (χ1) is 7.68. The SMILES string of the molecule is O=C([O-])/C=C/c1cccc2c(Br)cccc12. The lowest BCUT2D eigenvalue weighted by Gasteiger charge is -2.04. The first-order valence-electron chi connectivity index (χ1n) is 4.75. The molecule has 0 aliphatic rings. The maximum atomic E-state index is 10.4. The molecule has 0 saturated carbocycles. The number of carboxylic acids is 1. The molecule has 2 aromatic carbocycles. The lowest BCUT2D eigenvalue weighted by atomic mass is 10.0. The molecule has 0 saturated heterocycles. The number of hydrogen-bond donors (Lipinski definition) is 0. The molecule has 0 amide bonds. The second-order valence-electron chi connectivity index (χ2n) is 3.33. The van der Waals surface area contributed by atoms with Gasteiger partial charge in [-0.15, -0.1) is 0 Å². The summed E-state index contributed by atoms with van der Waals surface area (Å²) in [5.74, 6) is -1.19. The van der Waals surface area contributed by atoms with Crippen molar-refractivity contribution in [1.82, 2.24) is 0 Å². The van der Waals surface area contributed by atoms with Crippen molar-refractivity contribution in [3.63, 3.8) is 0 Å². The van der Waals surface area contributed by atoms with E-state index in [-0.39, 0.29) is 0 Å². The lowest BCUT2D eigenvalue weighted by Crippen LogP contribution is -2.18. The summed E-state index contributed by atoms with van der Waals surface area (Å²) in [6.07, 6.45) is 2.58. The van der Waals surface area contributed by atoms with Crippen LogP contribution in [0.5, 0.6) is 0 Å². The highest BCUT2D eigenvalue weighted by Crippen LogP contribution is 2.26. The topological polar surface area (TPSA) is 40.1 Å². The number of rotatable bonds is 2. The van der Waals surface area contributed by atoms with Gasteiger partial charge in [0.05, 0.1) is 5.97 Å². The van der Waals surface area contributed by atoms with Gasteiger partial charge in [0, 0.05) is 4.47 Å². The fraction of sp³-hybridized carbons (Fsp3) is 0. The first-order valence-corrected chi connectivity index (χ1v) is 5.54. The van der Waals surface area contributed by atoms with Gasteiger partial charge in [-0.1, -0.05) is 52.3 Å². The quantitative estimate of drug-likeness (QED) is 0.790. The average molecular weight is 276 g/mol. The summed E-state index contributed by atoms with van der Waals surface area (Å²) in [7, 11) is 0. The summed E-state index contributed by atoms with van der Waals surface area (Å²) in [5, 5.41) is 12.4. The van der Waals surface area contributed by atoms with Crippen molar-refractivity contribution in [2.45, 2.75) is 0 Å². The predicted octanol–water partition coefficient (Wildman–Crippen LogP) is 2.37. The minimum absolute atomic E-state index is 0.864. The number of carbonyl (C=O) groups excluding carboxylic acids is 1. The Balaban J connectivity index is 2.63. The zero-order chi connectivity index (χ0) is 11.5. The highest BCUT2D eigenvalue weighted by Gasteiger charge is 2.00. The summed E-state index contributed by atoms with van der Waals surface area (Å²) in [6, 6.07) is 11.6. The number of halogens is 1. The molecule has 3 heteroatoms. The Morgan fingerprint density at radius 2 is 1.81 bits per heavy atom. The zero-order valence-corrected chi connectivity index (χ0v) is 9.90. The van der Waals surface area contributed by atoms with Gasteiger partial charge >= 0.3 is 0 Å². The van der Waals surface area contributed by atoms with Crippen LogP contribution in [0.3, 0.4) is 0 Å². The second-order valence-corrected chi connectivity index (χ2v) is 4.19. The van der Waals surface area contributed by atoms with E-state index in [2.05, 4.69) is 15.9 Å². The zero-order valence-electron chi connectivity index (χ0n) is 8.31. The minimum atomic E-state index is -1.19. The van der Waals surface area contributed by atoms with Gasteiger partial charge in [-0.3, -0.25) is 0 Å². The van der Waals surface area contributed by atoms with Crippen LogP contribution in [0, 0.1) is 0 Å². The molecule has 2 nitrogen and oxygen atoms in total. The molecule has 0 bridgehead atoms. The van der Waals surface area contributed by atoms with E-state index >= 15 is 0 Å². The number of carboxylic acid groups (broad SMARTS) is 1.